The zero-order valence-corrected chi connectivity index (χ0v) is 21.0. The Labute approximate surface area is 214 Å². The fraction of sp³-hybridized carbons (Fsp3) is 0.143. The van der Waals surface area contributed by atoms with Crippen molar-refractivity contribution in [2.24, 2.45) is 0 Å². The maximum Gasteiger partial charge on any atom is 1.00 e. The molecule has 2 heterocycles. The minimum atomic E-state index is -1.50. The second-order valence-corrected chi connectivity index (χ2v) is 7.96. The molecule has 0 radical (unpaired) electrons. The normalized spacial score (nSPS) is 10.5. The molecule has 162 valence electrons. The van der Waals surface area contributed by atoms with Crippen LogP contribution in [0.25, 0.3) is 22.2 Å². The fourth-order valence-electron chi connectivity index (χ4n) is 2.96. The Morgan fingerprint density at radius 1 is 1.06 bits per heavy atom. The van der Waals surface area contributed by atoms with Crippen LogP contribution in [0.3, 0.4) is 0 Å². The molecular weight excluding hydrogens is 457 g/mol. The van der Waals surface area contributed by atoms with Crippen molar-refractivity contribution in [1.82, 2.24) is 20.0 Å². The van der Waals surface area contributed by atoms with Crippen LogP contribution in [0.4, 0.5) is 0 Å². The third kappa shape index (κ3) is 4.81. The van der Waals surface area contributed by atoms with Gasteiger partial charge in [-0.25, -0.2) is 0 Å². The van der Waals surface area contributed by atoms with Gasteiger partial charge in [-0.3, -0.25) is 0 Å². The molecular formula is C21H16N5NaO5S. The molecule has 0 unspecified atom stereocenters. The topological polar surface area (TPSA) is 137 Å². The summed E-state index contributed by atoms with van der Waals surface area (Å²) in [5.41, 5.74) is 0.880. The summed E-state index contributed by atoms with van der Waals surface area (Å²) in [6.07, 6.45) is 0. The van der Waals surface area contributed by atoms with Crippen molar-refractivity contribution in [2.75, 3.05) is 7.11 Å². The number of nitrogens with zero attached hydrogens (tertiary/aromatic N) is 5. The van der Waals surface area contributed by atoms with Gasteiger partial charge in [0, 0.05) is 21.1 Å². The average molecular weight is 473 g/mol. The van der Waals surface area contributed by atoms with Crippen LogP contribution in [0.1, 0.15) is 31.3 Å². The van der Waals surface area contributed by atoms with Crippen LogP contribution in [0.5, 0.6) is 5.75 Å². The summed E-state index contributed by atoms with van der Waals surface area (Å²) in [6.45, 7) is 3.73. The second kappa shape index (κ2) is 9.79. The largest absolute Gasteiger partial charge is 1.00 e. The van der Waals surface area contributed by atoms with E-state index in [1.165, 1.54) is 20.9 Å². The van der Waals surface area contributed by atoms with Crippen LogP contribution in [-0.4, -0.2) is 39.0 Å². The first-order valence-corrected chi connectivity index (χ1v) is 10.2. The summed E-state index contributed by atoms with van der Waals surface area (Å²) in [5, 5.41) is 32.6. The smallest absolute Gasteiger partial charge is 0.545 e. The van der Waals surface area contributed by atoms with E-state index in [9.17, 15) is 19.8 Å². The number of carbonyl (C=O) groups excluding carboxylic acids is 2. The van der Waals surface area contributed by atoms with E-state index in [2.05, 4.69) is 15.2 Å². The quantitative estimate of drug-likeness (QED) is 0.214. The van der Waals surface area contributed by atoms with E-state index >= 15 is 0 Å². The maximum absolute atomic E-state index is 11.8. The van der Waals surface area contributed by atoms with E-state index in [1.807, 2.05) is 13.8 Å². The Balaban J connectivity index is 0.00000306. The summed E-state index contributed by atoms with van der Waals surface area (Å²) in [7, 11) is 1.55. The standard InChI is InChI=1S/C21H17N5O5S.Na/c1-11-12(2)32-21(22-11)26-24-18(13-4-7-15(31-3)8-5-13)23-25(26)17-10-14(19(27)28)6-9-16(17)20(29)30;/h4-10H,1-3H3,(H-,27,28,29,30);/q;+1/p-1. The van der Waals surface area contributed by atoms with Gasteiger partial charge in [-0.15, -0.1) is 0 Å². The summed E-state index contributed by atoms with van der Waals surface area (Å²) in [6, 6.07) is 10.4. The van der Waals surface area contributed by atoms with Gasteiger partial charge in [-0.1, -0.05) is 28.5 Å². The Kier molecular flexibility index (Phi) is 7.28. The summed E-state index contributed by atoms with van der Waals surface area (Å²) < 4.78 is 5.17. The number of tetrazole rings is 1. The Bertz CT molecular complexity index is 1330. The number of ether oxygens (including phenoxy) is 1. The van der Waals surface area contributed by atoms with Gasteiger partial charge >= 0.3 is 34.7 Å². The van der Waals surface area contributed by atoms with Crippen molar-refractivity contribution in [3.63, 3.8) is 0 Å². The van der Waals surface area contributed by atoms with Crippen molar-refractivity contribution < 1.29 is 58.9 Å². The van der Waals surface area contributed by atoms with Gasteiger partial charge in [-0.05, 0) is 64.4 Å². The molecule has 0 atom stereocenters. The van der Waals surface area contributed by atoms with E-state index in [4.69, 9.17) is 4.74 Å². The third-order valence-corrected chi connectivity index (χ3v) is 5.80. The number of benzene rings is 2. The summed E-state index contributed by atoms with van der Waals surface area (Å²) >= 11 is 1.33. The minimum absolute atomic E-state index is 0. The monoisotopic (exact) mass is 473 g/mol. The third-order valence-electron chi connectivity index (χ3n) is 4.76. The number of hydrogen-bond donors (Lipinski definition) is 0. The SMILES string of the molecule is COc1ccc(-c2nn(-c3cc(C(=O)[O-])ccc3C(=O)[O-])[n+](-c3nc(C)c(C)s3)n2)cc1.[Na+]. The Hall–Kier alpha value is -3.12. The number of carboxylic acids is 2. The van der Waals surface area contributed by atoms with Gasteiger partial charge in [-0.2, -0.15) is 0 Å². The molecule has 0 amide bonds. The van der Waals surface area contributed by atoms with Gasteiger partial charge < -0.3 is 24.5 Å². The number of aryl methyl sites for hydroxylation is 2. The van der Waals surface area contributed by atoms with Crippen molar-refractivity contribution >= 4 is 23.3 Å². The molecule has 33 heavy (non-hydrogen) atoms. The van der Waals surface area contributed by atoms with Gasteiger partial charge in [0.2, 0.25) is 0 Å². The molecule has 0 aliphatic heterocycles. The molecule has 2 aromatic heterocycles. The molecule has 2 aromatic carbocycles. The fourth-order valence-corrected chi connectivity index (χ4v) is 3.81. The zero-order chi connectivity index (χ0) is 23.0. The first kappa shape index (κ1) is 24.5. The molecule has 0 saturated carbocycles. The van der Waals surface area contributed by atoms with E-state index in [-0.39, 0.29) is 52.2 Å². The van der Waals surface area contributed by atoms with E-state index in [1.54, 1.807) is 31.4 Å². The van der Waals surface area contributed by atoms with Crippen LogP contribution >= 0.6 is 11.3 Å². The van der Waals surface area contributed by atoms with Gasteiger partial charge in [0.25, 0.3) is 5.82 Å². The molecule has 0 spiro atoms. The number of rotatable bonds is 6. The number of carbonyl (C=O) groups is 2. The molecule has 0 bridgehead atoms. The second-order valence-electron chi connectivity index (χ2n) is 6.78. The number of aromatic carboxylic acids is 2. The Morgan fingerprint density at radius 2 is 1.76 bits per heavy atom. The van der Waals surface area contributed by atoms with Crippen LogP contribution < -0.4 is 49.3 Å². The molecule has 4 rings (SSSR count). The maximum atomic E-state index is 11.8. The molecule has 0 aliphatic carbocycles. The summed E-state index contributed by atoms with van der Waals surface area (Å²) in [5.74, 6) is -2.04. The number of aromatic nitrogens is 5. The zero-order valence-electron chi connectivity index (χ0n) is 18.2. The van der Waals surface area contributed by atoms with Gasteiger partial charge in [0.15, 0.2) is 0 Å². The van der Waals surface area contributed by atoms with Gasteiger partial charge in [0.1, 0.15) is 17.1 Å². The molecule has 0 saturated heterocycles. The molecule has 4 aromatic rings. The number of carboxylic acid groups (broad SMARTS) is 2. The van der Waals surface area contributed by atoms with Crippen LogP contribution in [-0.2, 0) is 0 Å². The molecule has 0 aliphatic rings. The van der Waals surface area contributed by atoms with Crippen molar-refractivity contribution in [3.8, 4) is 28.0 Å². The molecule has 12 heteroatoms. The van der Waals surface area contributed by atoms with Crippen molar-refractivity contribution in [1.29, 1.82) is 0 Å². The first-order chi connectivity index (χ1) is 15.3. The van der Waals surface area contributed by atoms with E-state index in [0.29, 0.717) is 16.4 Å². The van der Waals surface area contributed by atoms with E-state index < -0.39 is 11.9 Å². The first-order valence-electron chi connectivity index (χ1n) is 9.34. The average Bonchev–Trinajstić information content (AvgIpc) is 3.36. The van der Waals surface area contributed by atoms with Crippen molar-refractivity contribution in [2.45, 2.75) is 13.8 Å². The molecule has 0 fully saturated rings. The number of hydrogen-bond acceptors (Lipinski definition) is 9. The Morgan fingerprint density at radius 3 is 2.30 bits per heavy atom. The van der Waals surface area contributed by atoms with E-state index in [0.717, 1.165) is 28.8 Å². The van der Waals surface area contributed by atoms with Gasteiger partial charge in [0.05, 0.1) is 19.0 Å². The van der Waals surface area contributed by atoms with Crippen LogP contribution in [0.2, 0.25) is 0 Å². The predicted octanol–water partition coefficient (Wildman–Crippen LogP) is -2.98. The number of thiazole rings is 1. The minimum Gasteiger partial charge on any atom is -0.545 e. The molecule has 0 N–H and O–H groups in total. The number of methoxy groups -OCH3 is 1. The summed E-state index contributed by atoms with van der Waals surface area (Å²) in [4.78, 5) is 31.1. The predicted molar refractivity (Wildman–Crippen MR) is 109 cm³/mol. The van der Waals surface area contributed by atoms with Crippen LogP contribution in [0, 0.1) is 13.8 Å². The van der Waals surface area contributed by atoms with Crippen LogP contribution in [0.15, 0.2) is 42.5 Å². The molecule has 10 nitrogen and oxygen atoms in total. The van der Waals surface area contributed by atoms with Crippen molar-refractivity contribution in [3.05, 3.63) is 64.2 Å².